The van der Waals surface area contributed by atoms with Gasteiger partial charge in [0.15, 0.2) is 0 Å². The summed E-state index contributed by atoms with van der Waals surface area (Å²) in [4.78, 5) is 6.63. The van der Waals surface area contributed by atoms with E-state index in [1.165, 1.54) is 11.3 Å². The van der Waals surface area contributed by atoms with Gasteiger partial charge in [0.05, 0.1) is 0 Å². The molecule has 0 spiro atoms. The molecule has 0 bridgehead atoms. The highest BCUT2D eigenvalue weighted by Crippen LogP contribution is 2.22. The lowest BCUT2D eigenvalue weighted by Crippen LogP contribution is -2.16. The van der Waals surface area contributed by atoms with Gasteiger partial charge < -0.3 is 9.47 Å². The quantitative estimate of drug-likeness (QED) is 0.724. The van der Waals surface area contributed by atoms with Gasteiger partial charge in [-0.05, 0) is 29.8 Å². The molecule has 1 heterocycles. The lowest BCUT2D eigenvalue weighted by Gasteiger charge is -2.19. The molecule has 0 aliphatic heterocycles. The topological polar surface area (TPSA) is 21.1 Å². The molecule has 0 saturated carbocycles. The molecular weight excluding hydrogens is 258 g/mol. The van der Waals surface area contributed by atoms with E-state index in [4.69, 9.17) is 0 Å². The van der Waals surface area contributed by atoms with Crippen molar-refractivity contribution in [2.45, 2.75) is 6.54 Å². The first-order valence-corrected chi connectivity index (χ1v) is 7.07. The van der Waals surface area contributed by atoms with E-state index >= 15 is 0 Å². The number of aryl methyl sites for hydroxylation is 1. The molecular formula is C18H19N3. The number of hydrogen-bond donors (Lipinski definition) is 0. The van der Waals surface area contributed by atoms with Gasteiger partial charge in [-0.2, -0.15) is 0 Å². The largest absolute Gasteiger partial charge is 0.370 e. The molecule has 0 N–H and O–H groups in total. The molecule has 0 unspecified atom stereocenters. The second-order valence-electron chi connectivity index (χ2n) is 5.25. The van der Waals surface area contributed by atoms with Crippen molar-refractivity contribution in [3.05, 3.63) is 72.6 Å². The minimum absolute atomic E-state index is 0.905. The molecule has 0 atom stereocenters. The molecule has 3 heteroatoms. The molecule has 0 amide bonds. The van der Waals surface area contributed by atoms with E-state index in [0.717, 1.165) is 17.9 Å². The normalized spacial score (nSPS) is 10.6. The van der Waals surface area contributed by atoms with Gasteiger partial charge in [-0.3, -0.25) is 0 Å². The number of imidazole rings is 1. The standard InChI is InChI=1S/C18H19N3/c1-20-13-12-19-18(20)16-8-10-17(11-9-16)21(2)14-15-6-4-3-5-7-15/h3-13H,14H2,1-2H3. The molecule has 0 aliphatic rings. The van der Waals surface area contributed by atoms with Gasteiger partial charge in [-0.25, -0.2) is 4.98 Å². The molecule has 2 aromatic carbocycles. The maximum Gasteiger partial charge on any atom is 0.139 e. The van der Waals surface area contributed by atoms with Crippen LogP contribution >= 0.6 is 0 Å². The molecule has 0 radical (unpaired) electrons. The van der Waals surface area contributed by atoms with E-state index in [2.05, 4.69) is 65.5 Å². The first-order valence-electron chi connectivity index (χ1n) is 7.07. The maximum atomic E-state index is 4.38. The van der Waals surface area contributed by atoms with Crippen LogP contribution in [0.15, 0.2) is 67.0 Å². The summed E-state index contributed by atoms with van der Waals surface area (Å²) in [6.07, 6.45) is 3.79. The summed E-state index contributed by atoms with van der Waals surface area (Å²) in [6.45, 7) is 0.905. The Balaban J connectivity index is 1.76. The van der Waals surface area contributed by atoms with Gasteiger partial charge in [0.1, 0.15) is 5.82 Å². The lowest BCUT2D eigenvalue weighted by atomic mass is 10.1. The predicted octanol–water partition coefficient (Wildman–Crippen LogP) is 3.72. The zero-order valence-corrected chi connectivity index (χ0v) is 12.4. The van der Waals surface area contributed by atoms with Gasteiger partial charge in [-0.1, -0.05) is 30.3 Å². The summed E-state index contributed by atoms with van der Waals surface area (Å²) in [5.41, 5.74) is 3.66. The number of nitrogens with zero attached hydrogens (tertiary/aromatic N) is 3. The van der Waals surface area contributed by atoms with E-state index in [9.17, 15) is 0 Å². The number of hydrogen-bond acceptors (Lipinski definition) is 2. The Kier molecular flexibility index (Phi) is 3.73. The molecule has 0 saturated heterocycles. The molecule has 21 heavy (non-hydrogen) atoms. The van der Waals surface area contributed by atoms with Gasteiger partial charge in [0, 0.05) is 44.3 Å². The summed E-state index contributed by atoms with van der Waals surface area (Å²) < 4.78 is 2.03. The third kappa shape index (κ3) is 2.97. The first kappa shape index (κ1) is 13.4. The van der Waals surface area contributed by atoms with Crippen molar-refractivity contribution >= 4 is 5.69 Å². The summed E-state index contributed by atoms with van der Waals surface area (Å²) in [7, 11) is 4.13. The minimum atomic E-state index is 0.905. The van der Waals surface area contributed by atoms with Crippen LogP contribution in [0.5, 0.6) is 0 Å². The van der Waals surface area contributed by atoms with E-state index in [1.54, 1.807) is 0 Å². The average molecular weight is 277 g/mol. The van der Waals surface area contributed by atoms with Crippen LogP contribution in [-0.2, 0) is 13.6 Å². The summed E-state index contributed by atoms with van der Waals surface area (Å²) >= 11 is 0. The van der Waals surface area contributed by atoms with Crippen LogP contribution < -0.4 is 4.90 Å². The second-order valence-corrected chi connectivity index (χ2v) is 5.25. The van der Waals surface area contributed by atoms with Crippen LogP contribution in [0.4, 0.5) is 5.69 Å². The summed E-state index contributed by atoms with van der Waals surface area (Å²) in [5, 5.41) is 0. The van der Waals surface area contributed by atoms with E-state index in [-0.39, 0.29) is 0 Å². The van der Waals surface area contributed by atoms with Crippen LogP contribution in [0.2, 0.25) is 0 Å². The van der Waals surface area contributed by atoms with Gasteiger partial charge in [0.25, 0.3) is 0 Å². The van der Waals surface area contributed by atoms with Crippen molar-refractivity contribution in [1.29, 1.82) is 0 Å². The van der Waals surface area contributed by atoms with Crippen LogP contribution in [0.25, 0.3) is 11.4 Å². The van der Waals surface area contributed by atoms with Crippen molar-refractivity contribution < 1.29 is 0 Å². The fourth-order valence-corrected chi connectivity index (χ4v) is 2.46. The van der Waals surface area contributed by atoms with Gasteiger partial charge in [-0.15, -0.1) is 0 Å². The lowest BCUT2D eigenvalue weighted by molar-refractivity contribution is 0.918. The Bertz CT molecular complexity index is 699. The highest BCUT2D eigenvalue weighted by atomic mass is 15.1. The molecule has 0 aliphatic carbocycles. The van der Waals surface area contributed by atoms with E-state index in [1.807, 2.05) is 30.1 Å². The number of anilines is 1. The Morgan fingerprint density at radius 3 is 2.33 bits per heavy atom. The molecule has 3 aromatic rings. The summed E-state index contributed by atoms with van der Waals surface area (Å²) in [6, 6.07) is 19.0. The van der Waals surface area contributed by atoms with E-state index < -0.39 is 0 Å². The van der Waals surface area contributed by atoms with Crippen molar-refractivity contribution in [2.24, 2.45) is 7.05 Å². The molecule has 106 valence electrons. The maximum absolute atomic E-state index is 4.38. The van der Waals surface area contributed by atoms with Gasteiger partial charge in [0.2, 0.25) is 0 Å². The molecule has 0 fully saturated rings. The minimum Gasteiger partial charge on any atom is -0.370 e. The highest BCUT2D eigenvalue weighted by molar-refractivity contribution is 5.60. The van der Waals surface area contributed by atoms with Crippen molar-refractivity contribution in [1.82, 2.24) is 9.55 Å². The Labute approximate surface area is 125 Å². The number of rotatable bonds is 4. The molecule has 1 aromatic heterocycles. The zero-order valence-electron chi connectivity index (χ0n) is 12.4. The predicted molar refractivity (Wildman–Crippen MR) is 87.2 cm³/mol. The smallest absolute Gasteiger partial charge is 0.139 e. The van der Waals surface area contributed by atoms with Crippen molar-refractivity contribution in [2.75, 3.05) is 11.9 Å². The van der Waals surface area contributed by atoms with Crippen LogP contribution in [0, 0.1) is 0 Å². The summed E-state index contributed by atoms with van der Waals surface area (Å²) in [5.74, 6) is 0.993. The fourth-order valence-electron chi connectivity index (χ4n) is 2.46. The zero-order chi connectivity index (χ0) is 14.7. The van der Waals surface area contributed by atoms with Crippen LogP contribution in [0.1, 0.15) is 5.56 Å². The monoisotopic (exact) mass is 277 g/mol. The van der Waals surface area contributed by atoms with Crippen molar-refractivity contribution in [3.63, 3.8) is 0 Å². The van der Waals surface area contributed by atoms with E-state index in [0.29, 0.717) is 0 Å². The van der Waals surface area contributed by atoms with Crippen LogP contribution in [0.3, 0.4) is 0 Å². The number of aromatic nitrogens is 2. The Morgan fingerprint density at radius 1 is 1.00 bits per heavy atom. The number of benzene rings is 2. The average Bonchev–Trinajstić information content (AvgIpc) is 2.94. The first-order chi connectivity index (χ1) is 10.2. The Hall–Kier alpha value is -2.55. The molecule has 3 rings (SSSR count). The van der Waals surface area contributed by atoms with Crippen LogP contribution in [-0.4, -0.2) is 16.6 Å². The third-order valence-electron chi connectivity index (χ3n) is 3.65. The second kappa shape index (κ2) is 5.83. The highest BCUT2D eigenvalue weighted by Gasteiger charge is 2.05. The molecule has 3 nitrogen and oxygen atoms in total. The van der Waals surface area contributed by atoms with Gasteiger partial charge >= 0.3 is 0 Å². The Morgan fingerprint density at radius 2 is 1.71 bits per heavy atom. The van der Waals surface area contributed by atoms with Crippen molar-refractivity contribution in [3.8, 4) is 11.4 Å². The SMILES string of the molecule is CN(Cc1ccccc1)c1ccc(-c2nccn2C)cc1. The fraction of sp³-hybridized carbons (Fsp3) is 0.167. The third-order valence-corrected chi connectivity index (χ3v) is 3.65.